The van der Waals surface area contributed by atoms with E-state index in [-0.39, 0.29) is 6.04 Å². The summed E-state index contributed by atoms with van der Waals surface area (Å²) in [6.07, 6.45) is 4.45. The quantitative estimate of drug-likeness (QED) is 0.912. The summed E-state index contributed by atoms with van der Waals surface area (Å²) >= 11 is 0. The maximum Gasteiger partial charge on any atom is 0.244 e. The number of ether oxygens (including phenoxy) is 1. The minimum absolute atomic E-state index is 0.150. The molecule has 0 amide bonds. The van der Waals surface area contributed by atoms with Gasteiger partial charge in [0.15, 0.2) is 5.82 Å². The van der Waals surface area contributed by atoms with Gasteiger partial charge in [-0.15, -0.1) is 0 Å². The summed E-state index contributed by atoms with van der Waals surface area (Å²) in [4.78, 5) is 4.49. The van der Waals surface area contributed by atoms with Crippen LogP contribution in [0.3, 0.4) is 0 Å². The zero-order valence-electron chi connectivity index (χ0n) is 14.1. The van der Waals surface area contributed by atoms with Crippen LogP contribution in [0.15, 0.2) is 34.9 Å². The monoisotopic (exact) mass is 327 g/mol. The molecule has 1 aliphatic carbocycles. The average Bonchev–Trinajstić information content (AvgIpc) is 3.01. The van der Waals surface area contributed by atoms with Gasteiger partial charge in [0.05, 0.1) is 6.04 Å². The molecule has 0 unspecified atom stereocenters. The summed E-state index contributed by atoms with van der Waals surface area (Å²) in [7, 11) is 0. The summed E-state index contributed by atoms with van der Waals surface area (Å²) in [6.45, 7) is 3.53. The van der Waals surface area contributed by atoms with Gasteiger partial charge in [0, 0.05) is 19.3 Å². The van der Waals surface area contributed by atoms with Gasteiger partial charge < -0.3 is 14.6 Å². The summed E-state index contributed by atoms with van der Waals surface area (Å²) < 4.78 is 11.0. The lowest BCUT2D eigenvalue weighted by atomic mass is 9.75. The van der Waals surface area contributed by atoms with E-state index >= 15 is 0 Å². The molecular formula is C19H25N3O2. The Balaban J connectivity index is 1.41. The summed E-state index contributed by atoms with van der Waals surface area (Å²) in [5.41, 5.74) is 1.45. The SMILES string of the molecule is Cc1noc([C@@H](NC2CC(c3ccccc3)C2)C2CCOCC2)n1. The lowest BCUT2D eigenvalue weighted by Crippen LogP contribution is -2.45. The van der Waals surface area contributed by atoms with Crippen LogP contribution in [0.25, 0.3) is 0 Å². The third-order valence-corrected chi connectivity index (χ3v) is 5.37. The topological polar surface area (TPSA) is 60.2 Å². The molecule has 4 rings (SSSR count). The first-order valence-corrected chi connectivity index (χ1v) is 8.98. The first-order chi connectivity index (χ1) is 11.8. The third-order valence-electron chi connectivity index (χ3n) is 5.37. The summed E-state index contributed by atoms with van der Waals surface area (Å²) in [6, 6.07) is 11.5. The Morgan fingerprint density at radius 2 is 1.88 bits per heavy atom. The van der Waals surface area contributed by atoms with Gasteiger partial charge in [-0.25, -0.2) is 0 Å². The minimum atomic E-state index is 0.150. The number of aryl methyl sites for hydroxylation is 1. The van der Waals surface area contributed by atoms with Gasteiger partial charge >= 0.3 is 0 Å². The molecule has 0 bridgehead atoms. The molecule has 5 nitrogen and oxygen atoms in total. The molecule has 1 atom stereocenters. The Hall–Kier alpha value is -1.72. The Bertz CT molecular complexity index is 646. The fraction of sp³-hybridized carbons (Fsp3) is 0.579. The largest absolute Gasteiger partial charge is 0.381 e. The van der Waals surface area contributed by atoms with Crippen molar-refractivity contribution in [2.24, 2.45) is 5.92 Å². The second kappa shape index (κ2) is 7.03. The van der Waals surface area contributed by atoms with Crippen molar-refractivity contribution in [1.82, 2.24) is 15.5 Å². The third kappa shape index (κ3) is 3.37. The lowest BCUT2D eigenvalue weighted by Gasteiger charge is -2.40. The molecule has 0 spiro atoms. The van der Waals surface area contributed by atoms with E-state index in [2.05, 4.69) is 45.8 Å². The zero-order valence-corrected chi connectivity index (χ0v) is 14.1. The molecule has 128 valence electrons. The highest BCUT2D eigenvalue weighted by Gasteiger charge is 2.36. The van der Waals surface area contributed by atoms with E-state index in [1.165, 1.54) is 18.4 Å². The van der Waals surface area contributed by atoms with Crippen LogP contribution in [-0.2, 0) is 4.74 Å². The zero-order chi connectivity index (χ0) is 16.4. The van der Waals surface area contributed by atoms with Crippen LogP contribution in [0.5, 0.6) is 0 Å². The molecule has 1 N–H and O–H groups in total. The molecule has 1 aromatic heterocycles. The molecule has 1 aliphatic heterocycles. The second-order valence-electron chi connectivity index (χ2n) is 7.05. The molecule has 0 radical (unpaired) electrons. The number of aromatic nitrogens is 2. The van der Waals surface area contributed by atoms with Crippen molar-refractivity contribution in [1.29, 1.82) is 0 Å². The minimum Gasteiger partial charge on any atom is -0.381 e. The summed E-state index contributed by atoms with van der Waals surface area (Å²) in [5.74, 6) is 2.63. The molecule has 1 saturated heterocycles. The van der Waals surface area contributed by atoms with Crippen molar-refractivity contribution in [2.75, 3.05) is 13.2 Å². The highest BCUT2D eigenvalue weighted by atomic mass is 16.5. The molecule has 1 saturated carbocycles. The molecule has 2 heterocycles. The first kappa shape index (κ1) is 15.8. The van der Waals surface area contributed by atoms with E-state index in [4.69, 9.17) is 9.26 Å². The Morgan fingerprint density at radius 3 is 2.54 bits per heavy atom. The van der Waals surface area contributed by atoms with Crippen molar-refractivity contribution in [3.63, 3.8) is 0 Å². The maximum absolute atomic E-state index is 5.52. The lowest BCUT2D eigenvalue weighted by molar-refractivity contribution is 0.0436. The predicted molar refractivity (Wildman–Crippen MR) is 90.7 cm³/mol. The maximum atomic E-state index is 5.52. The van der Waals surface area contributed by atoms with Crippen LogP contribution >= 0.6 is 0 Å². The number of benzene rings is 1. The van der Waals surface area contributed by atoms with Crippen molar-refractivity contribution >= 4 is 0 Å². The predicted octanol–water partition coefficient (Wildman–Crippen LogP) is 3.38. The van der Waals surface area contributed by atoms with Crippen molar-refractivity contribution < 1.29 is 9.26 Å². The van der Waals surface area contributed by atoms with Gasteiger partial charge in [0.25, 0.3) is 0 Å². The van der Waals surface area contributed by atoms with Crippen LogP contribution in [0.2, 0.25) is 0 Å². The molecule has 2 aromatic rings. The van der Waals surface area contributed by atoms with Gasteiger partial charge in [0.2, 0.25) is 5.89 Å². The fourth-order valence-electron chi connectivity index (χ4n) is 3.90. The van der Waals surface area contributed by atoms with E-state index in [1.807, 2.05) is 6.92 Å². The number of hydrogen-bond acceptors (Lipinski definition) is 5. The van der Waals surface area contributed by atoms with Gasteiger partial charge in [-0.2, -0.15) is 4.98 Å². The van der Waals surface area contributed by atoms with Crippen LogP contribution in [0.4, 0.5) is 0 Å². The van der Waals surface area contributed by atoms with E-state index in [0.29, 0.717) is 23.7 Å². The Morgan fingerprint density at radius 1 is 1.12 bits per heavy atom. The van der Waals surface area contributed by atoms with Crippen molar-refractivity contribution in [3.8, 4) is 0 Å². The van der Waals surface area contributed by atoms with Crippen molar-refractivity contribution in [2.45, 2.75) is 50.6 Å². The van der Waals surface area contributed by atoms with Crippen LogP contribution in [0.1, 0.15) is 54.9 Å². The molecule has 2 aliphatic rings. The Kier molecular flexibility index (Phi) is 4.63. The molecule has 2 fully saturated rings. The van der Waals surface area contributed by atoms with Gasteiger partial charge in [0.1, 0.15) is 0 Å². The van der Waals surface area contributed by atoms with E-state index < -0.39 is 0 Å². The van der Waals surface area contributed by atoms with Crippen LogP contribution < -0.4 is 5.32 Å². The standard InChI is InChI=1S/C19H25N3O2/c1-13-20-19(24-22-13)18(15-7-9-23-10-8-15)21-17-11-16(12-17)14-5-3-2-4-6-14/h2-6,15-18,21H,7-12H2,1H3/t16?,17?,18-/m0/s1. The van der Waals surface area contributed by atoms with E-state index in [1.54, 1.807) is 0 Å². The fourth-order valence-corrected chi connectivity index (χ4v) is 3.90. The van der Waals surface area contributed by atoms with Gasteiger partial charge in [-0.05, 0) is 50.0 Å². The number of hydrogen-bond donors (Lipinski definition) is 1. The van der Waals surface area contributed by atoms with E-state index in [9.17, 15) is 0 Å². The van der Waals surface area contributed by atoms with Crippen LogP contribution in [0, 0.1) is 12.8 Å². The highest BCUT2D eigenvalue weighted by molar-refractivity contribution is 5.23. The molecule has 24 heavy (non-hydrogen) atoms. The highest BCUT2D eigenvalue weighted by Crippen LogP contribution is 2.39. The summed E-state index contributed by atoms with van der Waals surface area (Å²) in [5, 5.41) is 7.79. The molecule has 1 aromatic carbocycles. The van der Waals surface area contributed by atoms with E-state index in [0.717, 1.165) is 31.9 Å². The second-order valence-corrected chi connectivity index (χ2v) is 7.05. The average molecular weight is 327 g/mol. The van der Waals surface area contributed by atoms with Crippen LogP contribution in [-0.4, -0.2) is 29.4 Å². The van der Waals surface area contributed by atoms with Gasteiger partial charge in [-0.1, -0.05) is 35.5 Å². The van der Waals surface area contributed by atoms with Crippen molar-refractivity contribution in [3.05, 3.63) is 47.6 Å². The number of nitrogens with zero attached hydrogens (tertiary/aromatic N) is 2. The molecular weight excluding hydrogens is 302 g/mol. The van der Waals surface area contributed by atoms with Gasteiger partial charge in [-0.3, -0.25) is 0 Å². The molecule has 5 heteroatoms. The number of nitrogens with one attached hydrogen (secondary N) is 1. The normalized spacial score (nSPS) is 26.0. The smallest absolute Gasteiger partial charge is 0.244 e. The first-order valence-electron chi connectivity index (χ1n) is 8.98. The number of rotatable bonds is 5. The Labute approximate surface area is 142 Å².